The van der Waals surface area contributed by atoms with Gasteiger partial charge in [0.2, 0.25) is 0 Å². The number of nitrogens with zero attached hydrogens (tertiary/aromatic N) is 5. The number of halogens is 2. The van der Waals surface area contributed by atoms with E-state index in [0.29, 0.717) is 0 Å². The summed E-state index contributed by atoms with van der Waals surface area (Å²) in [6, 6.07) is 28.3. The molecule has 1 atom stereocenters. The Morgan fingerprint density at radius 2 is 1.82 bits per heavy atom. The van der Waals surface area contributed by atoms with Gasteiger partial charge in [-0.3, -0.25) is 13.8 Å². The molecule has 4 heterocycles. The molecule has 0 spiro atoms. The van der Waals surface area contributed by atoms with Crippen molar-refractivity contribution < 1.29 is 28.9 Å². The molecule has 40 heavy (non-hydrogen) atoms. The third-order valence-corrected chi connectivity index (χ3v) is 7.66. The molecule has 0 fully saturated rings. The van der Waals surface area contributed by atoms with Crippen LogP contribution in [0.4, 0.5) is 8.78 Å². The van der Waals surface area contributed by atoms with E-state index in [-0.39, 0.29) is 25.7 Å². The summed E-state index contributed by atoms with van der Waals surface area (Å²) < 4.78 is 30.3. The summed E-state index contributed by atoms with van der Waals surface area (Å²) in [7, 11) is 3.73. The number of aryl methyl sites for hydroxylation is 1. The maximum atomic E-state index is 13.2. The van der Waals surface area contributed by atoms with Gasteiger partial charge in [0.25, 0.3) is 0 Å². The number of hydrogen-bond donors (Lipinski definition) is 0. The van der Waals surface area contributed by atoms with E-state index in [2.05, 4.69) is 82.0 Å². The molecule has 1 unspecified atom stereocenters. The predicted octanol–water partition coefficient (Wildman–Crippen LogP) is 7.87. The predicted molar refractivity (Wildman–Crippen MR) is 152 cm³/mol. The number of benzene rings is 3. The van der Waals surface area contributed by atoms with Gasteiger partial charge in [-0.05, 0) is 30.2 Å². The van der Waals surface area contributed by atoms with Gasteiger partial charge in [0.1, 0.15) is 5.95 Å². The molecule has 9 heteroatoms. The van der Waals surface area contributed by atoms with Crippen molar-refractivity contribution in [2.75, 3.05) is 7.05 Å². The summed E-state index contributed by atoms with van der Waals surface area (Å²) >= 11 is 1.86. The summed E-state index contributed by atoms with van der Waals surface area (Å²) in [4.78, 5) is 9.21. The minimum Gasteiger partial charge on any atom is -0.668 e. The number of hydrogen-bond acceptors (Lipinski definition) is 4. The summed E-state index contributed by atoms with van der Waals surface area (Å²) in [5.74, 6) is -1.74. The number of fused-ring (bicyclic) bond motifs is 3. The average molecular weight is 727 g/mol. The van der Waals surface area contributed by atoms with Crippen molar-refractivity contribution in [2.24, 2.45) is 7.05 Å². The second kappa shape index (κ2) is 11.7. The Morgan fingerprint density at radius 1 is 1.00 bits per heavy atom. The monoisotopic (exact) mass is 727 g/mol. The van der Waals surface area contributed by atoms with Gasteiger partial charge in [-0.1, -0.05) is 42.0 Å². The number of imidazole rings is 1. The molecule has 3 aromatic heterocycles. The fraction of sp³-hybridized carbons (Fsp3) is 0.0968. The molecule has 0 aliphatic carbocycles. The van der Waals surface area contributed by atoms with Crippen LogP contribution in [-0.4, -0.2) is 26.5 Å². The van der Waals surface area contributed by atoms with Gasteiger partial charge in [-0.25, -0.2) is 0 Å². The van der Waals surface area contributed by atoms with Crippen LogP contribution >= 0.6 is 11.3 Å². The largest absolute Gasteiger partial charge is 3.00 e. The third-order valence-electron chi connectivity index (χ3n) is 6.44. The van der Waals surface area contributed by atoms with Crippen LogP contribution in [0.25, 0.3) is 47.9 Å². The molecule has 0 radical (unpaired) electrons. The Hall–Kier alpha value is -3.91. The van der Waals surface area contributed by atoms with Gasteiger partial charge in [0.05, 0.1) is 12.3 Å². The Morgan fingerprint density at radius 3 is 2.58 bits per heavy atom. The Bertz CT molecular complexity index is 1830. The molecule has 1 aliphatic heterocycles. The summed E-state index contributed by atoms with van der Waals surface area (Å²) in [6.07, 6.45) is 6.61. The number of thiophene rings is 1. The number of aromatic nitrogens is 3. The van der Waals surface area contributed by atoms with Gasteiger partial charge in [-0.15, -0.1) is 52.8 Å². The van der Waals surface area contributed by atoms with Crippen molar-refractivity contribution in [1.29, 1.82) is 0 Å². The molecular formula is C31H22F2IrN5S. The molecule has 0 bridgehead atoms. The molecule has 3 aromatic carbocycles. The minimum atomic E-state index is -0.875. The van der Waals surface area contributed by atoms with Crippen LogP contribution in [0, 0.1) is 24.0 Å². The molecule has 0 N–H and O–H groups in total. The smallest absolute Gasteiger partial charge is 0.668 e. The van der Waals surface area contributed by atoms with Crippen molar-refractivity contribution >= 4 is 31.5 Å². The van der Waals surface area contributed by atoms with Crippen molar-refractivity contribution in [1.82, 2.24) is 19.4 Å². The SMILES string of the molecule is CN1C=C[N-]C1c1[c-]cc(F)nc1F.Cn1cnc(-c2[c-]ccc(-c3cccc4c3sc3ccccc34)c2)c1.[Ir+3]. The van der Waals surface area contributed by atoms with Gasteiger partial charge >= 0.3 is 20.1 Å². The minimum absolute atomic E-state index is 0. The van der Waals surface area contributed by atoms with Crippen LogP contribution in [-0.2, 0) is 27.2 Å². The summed E-state index contributed by atoms with van der Waals surface area (Å²) in [5, 5.41) is 6.64. The fourth-order valence-corrected chi connectivity index (χ4v) is 5.80. The van der Waals surface area contributed by atoms with Crippen LogP contribution in [0.5, 0.6) is 0 Å². The zero-order chi connectivity index (χ0) is 26.9. The van der Waals surface area contributed by atoms with Crippen LogP contribution in [0.15, 0.2) is 91.7 Å². The second-order valence-corrected chi connectivity index (χ2v) is 10.2. The van der Waals surface area contributed by atoms with Crippen molar-refractivity contribution in [2.45, 2.75) is 6.17 Å². The molecule has 0 saturated carbocycles. The van der Waals surface area contributed by atoms with Crippen LogP contribution in [0.2, 0.25) is 0 Å². The van der Waals surface area contributed by atoms with Crippen molar-refractivity contribution in [3.8, 4) is 22.4 Å². The first-order valence-electron chi connectivity index (χ1n) is 12.2. The maximum absolute atomic E-state index is 13.2. The zero-order valence-corrected chi connectivity index (χ0v) is 24.7. The Balaban J connectivity index is 0.000000184. The van der Waals surface area contributed by atoms with Gasteiger partial charge in [-0.2, -0.15) is 12.3 Å². The molecule has 200 valence electrons. The van der Waals surface area contributed by atoms with E-state index in [9.17, 15) is 8.78 Å². The van der Waals surface area contributed by atoms with E-state index in [1.54, 1.807) is 24.3 Å². The molecule has 6 aromatic rings. The van der Waals surface area contributed by atoms with E-state index < -0.39 is 18.1 Å². The van der Waals surface area contributed by atoms with Crippen molar-refractivity contribution in [3.05, 3.63) is 127 Å². The standard InChI is InChI=1S/C22H15N2S.C9H7F2N3.Ir/c1-24-13-20(23-14-24)16-7-4-6-15(12-16)17-9-5-10-19-18-8-2-3-11-21(18)25-22(17)19;1-14-5-4-12-9(14)6-2-3-7(10)13-8(6)11;/h2-6,8-14H,1H3;3-5,9H,1H3;/q-1;-2;+3. The molecule has 7 rings (SSSR count). The molecule has 5 nitrogen and oxygen atoms in total. The van der Waals surface area contributed by atoms with Gasteiger partial charge in [0.15, 0.2) is 0 Å². The van der Waals surface area contributed by atoms with Crippen LogP contribution in [0.3, 0.4) is 0 Å². The maximum Gasteiger partial charge on any atom is 3.00 e. The Kier molecular flexibility index (Phi) is 8.07. The normalized spacial score (nSPS) is 14.1. The first kappa shape index (κ1) is 27.6. The second-order valence-electron chi connectivity index (χ2n) is 9.11. The third kappa shape index (κ3) is 5.41. The molecule has 1 aliphatic rings. The molecule has 0 saturated heterocycles. The van der Waals surface area contributed by atoms with Crippen molar-refractivity contribution in [3.63, 3.8) is 0 Å². The quantitative estimate of drug-likeness (QED) is 0.138. The molecular weight excluding hydrogens is 705 g/mol. The average Bonchev–Trinajstić information content (AvgIpc) is 3.67. The van der Waals surface area contributed by atoms with Gasteiger partial charge < -0.3 is 19.8 Å². The van der Waals surface area contributed by atoms with E-state index in [1.165, 1.54) is 31.3 Å². The number of pyridine rings is 1. The van der Waals surface area contributed by atoms with E-state index >= 15 is 0 Å². The zero-order valence-electron chi connectivity index (χ0n) is 21.5. The topological polar surface area (TPSA) is 48.1 Å². The van der Waals surface area contributed by atoms with E-state index in [4.69, 9.17) is 0 Å². The fourth-order valence-electron chi connectivity index (χ4n) is 4.56. The number of rotatable bonds is 3. The Labute approximate surface area is 248 Å². The van der Waals surface area contributed by atoms with Crippen LogP contribution < -0.4 is 0 Å². The van der Waals surface area contributed by atoms with E-state index in [0.717, 1.165) is 17.3 Å². The molecule has 0 amide bonds. The first-order chi connectivity index (χ1) is 19.0. The first-order valence-corrected chi connectivity index (χ1v) is 13.0. The summed E-state index contributed by atoms with van der Waals surface area (Å²) in [6.45, 7) is 0. The summed E-state index contributed by atoms with van der Waals surface area (Å²) in [5.41, 5.74) is 4.60. The van der Waals surface area contributed by atoms with E-state index in [1.807, 2.05) is 41.5 Å². The van der Waals surface area contributed by atoms with Gasteiger partial charge in [0, 0.05) is 40.0 Å². The van der Waals surface area contributed by atoms with Crippen LogP contribution in [0.1, 0.15) is 11.7 Å².